The largest absolute Gasteiger partial charge is 0.0842 e. The molecule has 0 fully saturated rings. The van der Waals surface area contributed by atoms with Crippen molar-refractivity contribution < 1.29 is 0 Å². The zero-order valence-corrected chi connectivity index (χ0v) is 24.3. The van der Waals surface area contributed by atoms with E-state index in [1.165, 1.54) is 50.1 Å². The van der Waals surface area contributed by atoms with Crippen molar-refractivity contribution in [1.29, 1.82) is 0 Å². The van der Waals surface area contributed by atoms with Crippen molar-refractivity contribution in [3.05, 3.63) is 190 Å². The Morgan fingerprint density at radius 3 is 1.71 bits per heavy atom. The van der Waals surface area contributed by atoms with Crippen LogP contribution in [-0.4, -0.2) is 0 Å². The van der Waals surface area contributed by atoms with E-state index in [0.717, 1.165) is 38.5 Å². The number of allylic oxidation sites excluding steroid dienone is 4. The Labute approximate surface area is 251 Å². The third-order valence-electron chi connectivity index (χ3n) is 9.22. The summed E-state index contributed by atoms with van der Waals surface area (Å²) in [7, 11) is 0. The maximum absolute atomic E-state index is 2.49. The van der Waals surface area contributed by atoms with Gasteiger partial charge < -0.3 is 0 Å². The van der Waals surface area contributed by atoms with Crippen molar-refractivity contribution in [3.8, 4) is 11.1 Å². The molecule has 2 aliphatic rings. The van der Waals surface area contributed by atoms with Crippen LogP contribution in [0, 0.1) is 0 Å². The van der Waals surface area contributed by atoms with Gasteiger partial charge in [0.15, 0.2) is 0 Å². The van der Waals surface area contributed by atoms with Gasteiger partial charge in [-0.05, 0) is 94.5 Å². The summed E-state index contributed by atoms with van der Waals surface area (Å²) < 4.78 is 0. The lowest BCUT2D eigenvalue weighted by atomic mass is 9.82. The molecule has 7 rings (SSSR count). The number of hydrogen-bond donors (Lipinski definition) is 0. The van der Waals surface area contributed by atoms with Gasteiger partial charge in [0.1, 0.15) is 0 Å². The fourth-order valence-electron chi connectivity index (χ4n) is 7.08. The van der Waals surface area contributed by atoms with E-state index in [4.69, 9.17) is 0 Å². The first kappa shape index (κ1) is 26.5. The molecule has 5 aromatic carbocycles. The first-order valence-electron chi connectivity index (χ1n) is 15.5. The highest BCUT2D eigenvalue weighted by Crippen LogP contribution is 2.40. The molecule has 2 unspecified atom stereocenters. The predicted octanol–water partition coefficient (Wildman–Crippen LogP) is 10.4. The van der Waals surface area contributed by atoms with Crippen LogP contribution in [0.5, 0.6) is 0 Å². The highest BCUT2D eigenvalue weighted by molar-refractivity contribution is 5.77. The van der Waals surface area contributed by atoms with E-state index < -0.39 is 0 Å². The van der Waals surface area contributed by atoms with E-state index >= 15 is 0 Å². The summed E-state index contributed by atoms with van der Waals surface area (Å²) in [4.78, 5) is 0. The normalized spacial score (nSPS) is 15.0. The Hall–Kier alpha value is -4.42. The Balaban J connectivity index is 1.12. The van der Waals surface area contributed by atoms with Gasteiger partial charge in [0.25, 0.3) is 0 Å². The molecule has 42 heavy (non-hydrogen) atoms. The number of fused-ring (bicyclic) bond motifs is 3. The zero-order chi connectivity index (χ0) is 28.1. The first-order valence-corrected chi connectivity index (χ1v) is 15.5. The Morgan fingerprint density at radius 2 is 1.10 bits per heavy atom. The molecule has 0 aliphatic heterocycles. The van der Waals surface area contributed by atoms with Gasteiger partial charge in [0.2, 0.25) is 0 Å². The van der Waals surface area contributed by atoms with Crippen molar-refractivity contribution >= 4 is 0 Å². The molecule has 2 atom stereocenters. The van der Waals surface area contributed by atoms with Crippen LogP contribution in [-0.2, 0) is 25.7 Å². The molecule has 0 nitrogen and oxygen atoms in total. The van der Waals surface area contributed by atoms with E-state index in [-0.39, 0.29) is 0 Å². The number of rotatable bonds is 9. The molecule has 2 aliphatic carbocycles. The maximum Gasteiger partial charge on any atom is 0.00917 e. The molecular formula is C42H38. The zero-order valence-electron chi connectivity index (χ0n) is 24.3. The van der Waals surface area contributed by atoms with Gasteiger partial charge in [0.05, 0.1) is 0 Å². The quantitative estimate of drug-likeness (QED) is 0.170. The first-order chi connectivity index (χ1) is 20.8. The highest BCUT2D eigenvalue weighted by Gasteiger charge is 2.23. The predicted molar refractivity (Wildman–Crippen MR) is 177 cm³/mol. The molecular weight excluding hydrogens is 504 g/mol. The van der Waals surface area contributed by atoms with Crippen molar-refractivity contribution in [2.24, 2.45) is 0 Å². The summed E-state index contributed by atoms with van der Waals surface area (Å²) in [5, 5.41) is 0. The van der Waals surface area contributed by atoms with Crippen molar-refractivity contribution in [2.45, 2.75) is 50.4 Å². The van der Waals surface area contributed by atoms with Crippen LogP contribution in [0.4, 0.5) is 0 Å². The summed E-state index contributed by atoms with van der Waals surface area (Å²) in [5.74, 6) is 0.894. The fraction of sp³-hybridized carbons (Fsp3) is 0.190. The topological polar surface area (TPSA) is 0 Å². The van der Waals surface area contributed by atoms with Crippen LogP contribution in [0.25, 0.3) is 11.1 Å². The second-order valence-electron chi connectivity index (χ2n) is 12.0. The number of hydrogen-bond acceptors (Lipinski definition) is 0. The molecule has 0 aromatic heterocycles. The molecule has 0 radical (unpaired) electrons. The number of benzene rings is 5. The fourth-order valence-corrected chi connectivity index (χ4v) is 7.08. The molecule has 0 saturated carbocycles. The summed E-state index contributed by atoms with van der Waals surface area (Å²) in [6.45, 7) is 0. The van der Waals surface area contributed by atoms with Gasteiger partial charge in [-0.1, -0.05) is 151 Å². The highest BCUT2D eigenvalue weighted by atomic mass is 14.3. The maximum atomic E-state index is 2.49. The van der Waals surface area contributed by atoms with E-state index in [1.807, 2.05) is 0 Å². The van der Waals surface area contributed by atoms with Crippen LogP contribution in [0.2, 0.25) is 0 Å². The molecule has 0 spiro atoms. The molecule has 0 heterocycles. The van der Waals surface area contributed by atoms with Gasteiger partial charge in [-0.2, -0.15) is 0 Å². The molecule has 0 amide bonds. The van der Waals surface area contributed by atoms with Gasteiger partial charge in [-0.25, -0.2) is 0 Å². The summed E-state index contributed by atoms with van der Waals surface area (Å²) >= 11 is 0. The van der Waals surface area contributed by atoms with Crippen LogP contribution >= 0.6 is 0 Å². The Morgan fingerprint density at radius 1 is 0.524 bits per heavy atom. The Kier molecular flexibility index (Phi) is 7.70. The Bertz CT molecular complexity index is 1710. The van der Waals surface area contributed by atoms with Crippen LogP contribution in [0.1, 0.15) is 63.6 Å². The summed E-state index contributed by atoms with van der Waals surface area (Å²) in [6, 6.07) is 47.6. The van der Waals surface area contributed by atoms with Crippen LogP contribution < -0.4 is 0 Å². The molecule has 0 N–H and O–H groups in total. The van der Waals surface area contributed by atoms with Crippen LogP contribution in [0.3, 0.4) is 0 Å². The van der Waals surface area contributed by atoms with Gasteiger partial charge >= 0.3 is 0 Å². The average molecular weight is 543 g/mol. The molecule has 0 saturated heterocycles. The van der Waals surface area contributed by atoms with Crippen molar-refractivity contribution in [1.82, 2.24) is 0 Å². The molecule has 0 heteroatoms. The van der Waals surface area contributed by atoms with Gasteiger partial charge in [-0.3, -0.25) is 0 Å². The lowest BCUT2D eigenvalue weighted by molar-refractivity contribution is 0.680. The van der Waals surface area contributed by atoms with E-state index in [2.05, 4.69) is 146 Å². The monoisotopic (exact) mass is 542 g/mol. The van der Waals surface area contributed by atoms with E-state index in [1.54, 1.807) is 5.57 Å². The average Bonchev–Trinajstić information content (AvgIpc) is 3.42. The van der Waals surface area contributed by atoms with E-state index in [0.29, 0.717) is 11.8 Å². The lowest BCUT2D eigenvalue weighted by Gasteiger charge is -2.23. The third-order valence-corrected chi connectivity index (χ3v) is 9.22. The smallest absolute Gasteiger partial charge is 0.00917 e. The van der Waals surface area contributed by atoms with Gasteiger partial charge in [-0.15, -0.1) is 0 Å². The SMILES string of the molecule is C1=CCCC(C(Cc2ccc3c(c2)Cc2cc(CC(Cc4ccccc4)c4ccccc4)ccc2-3)c2ccccc2)=C1. The van der Waals surface area contributed by atoms with Crippen molar-refractivity contribution in [2.75, 3.05) is 0 Å². The molecule has 0 bridgehead atoms. The molecule has 206 valence electrons. The minimum atomic E-state index is 0.434. The van der Waals surface area contributed by atoms with Crippen LogP contribution in [0.15, 0.2) is 151 Å². The summed E-state index contributed by atoms with van der Waals surface area (Å²) in [6.07, 6.45) is 13.4. The standard InChI is InChI=1S/C42H38/c1-5-13-31(14-6-1)25-37(34-15-7-2-8-16-34)26-32-21-23-40-38(27-32)30-39-28-33(22-24-41(39)40)29-42(35-17-9-3-10-18-35)36-19-11-4-12-20-36/h1-11,13-19,21-24,27-28,37,42H,12,20,25-26,29-30H2. The summed E-state index contributed by atoms with van der Waals surface area (Å²) in [5.41, 5.74) is 14.5. The third kappa shape index (κ3) is 5.81. The van der Waals surface area contributed by atoms with E-state index in [9.17, 15) is 0 Å². The lowest BCUT2D eigenvalue weighted by Crippen LogP contribution is -2.08. The molecule has 5 aromatic rings. The minimum Gasteiger partial charge on any atom is -0.0842 e. The van der Waals surface area contributed by atoms with Crippen molar-refractivity contribution in [3.63, 3.8) is 0 Å². The minimum absolute atomic E-state index is 0.434. The second kappa shape index (κ2) is 12.2. The van der Waals surface area contributed by atoms with Gasteiger partial charge in [0, 0.05) is 5.92 Å². The second-order valence-corrected chi connectivity index (χ2v) is 12.0.